The zero-order valence-corrected chi connectivity index (χ0v) is 14.3. The van der Waals surface area contributed by atoms with Gasteiger partial charge in [-0.1, -0.05) is 28.9 Å². The summed E-state index contributed by atoms with van der Waals surface area (Å²) in [5.41, 5.74) is 5.37. The molecule has 1 heterocycles. The molecular formula is C16H20BrNS. The summed E-state index contributed by atoms with van der Waals surface area (Å²) >= 11 is 5.45. The Labute approximate surface area is 128 Å². The van der Waals surface area contributed by atoms with Gasteiger partial charge in [-0.3, -0.25) is 0 Å². The Kier molecular flexibility index (Phi) is 4.82. The minimum absolute atomic E-state index is 0.303. The highest BCUT2D eigenvalue weighted by Gasteiger charge is 2.19. The van der Waals surface area contributed by atoms with Crippen molar-refractivity contribution in [2.75, 3.05) is 6.54 Å². The average molecular weight is 338 g/mol. The molecule has 0 aliphatic heterocycles. The molecule has 1 aromatic carbocycles. The third-order valence-corrected chi connectivity index (χ3v) is 5.37. The van der Waals surface area contributed by atoms with Crippen molar-refractivity contribution in [1.82, 2.24) is 5.32 Å². The zero-order valence-electron chi connectivity index (χ0n) is 11.9. The minimum Gasteiger partial charge on any atom is -0.306 e. The Morgan fingerprint density at radius 3 is 2.47 bits per heavy atom. The molecule has 3 heteroatoms. The van der Waals surface area contributed by atoms with E-state index in [1.807, 2.05) is 11.3 Å². The molecule has 102 valence electrons. The van der Waals surface area contributed by atoms with Crippen LogP contribution in [0.2, 0.25) is 0 Å². The fourth-order valence-electron chi connectivity index (χ4n) is 2.34. The second kappa shape index (κ2) is 6.21. The molecule has 1 unspecified atom stereocenters. The van der Waals surface area contributed by atoms with Gasteiger partial charge in [0.05, 0.1) is 6.04 Å². The smallest absolute Gasteiger partial charge is 0.0676 e. The molecule has 0 fully saturated rings. The van der Waals surface area contributed by atoms with Crippen LogP contribution in [0.4, 0.5) is 0 Å². The molecule has 1 atom stereocenters. The van der Waals surface area contributed by atoms with E-state index in [9.17, 15) is 0 Å². The van der Waals surface area contributed by atoms with Gasteiger partial charge >= 0.3 is 0 Å². The van der Waals surface area contributed by atoms with Crippen molar-refractivity contribution < 1.29 is 0 Å². The molecule has 0 aliphatic rings. The lowest BCUT2D eigenvalue weighted by Gasteiger charge is -2.21. The number of hydrogen-bond acceptors (Lipinski definition) is 2. The maximum Gasteiger partial charge on any atom is 0.0676 e. The maximum absolute atomic E-state index is 3.62. The van der Waals surface area contributed by atoms with Gasteiger partial charge in [-0.2, -0.15) is 0 Å². The van der Waals surface area contributed by atoms with Crippen LogP contribution in [0.3, 0.4) is 0 Å². The van der Waals surface area contributed by atoms with Gasteiger partial charge in [-0.05, 0) is 67.1 Å². The summed E-state index contributed by atoms with van der Waals surface area (Å²) in [6, 6.07) is 7.02. The third-order valence-electron chi connectivity index (χ3n) is 3.43. The first-order valence-electron chi connectivity index (χ1n) is 6.58. The van der Waals surface area contributed by atoms with E-state index in [0.29, 0.717) is 6.04 Å². The monoisotopic (exact) mass is 337 g/mol. The van der Waals surface area contributed by atoms with Crippen LogP contribution in [0, 0.1) is 20.8 Å². The molecule has 0 bridgehead atoms. The van der Waals surface area contributed by atoms with Crippen LogP contribution < -0.4 is 5.32 Å². The fraction of sp³-hybridized carbons (Fsp3) is 0.375. The Morgan fingerprint density at radius 2 is 1.89 bits per heavy atom. The molecule has 0 aliphatic carbocycles. The first-order valence-corrected chi connectivity index (χ1v) is 8.25. The topological polar surface area (TPSA) is 12.0 Å². The van der Waals surface area contributed by atoms with E-state index in [1.165, 1.54) is 31.6 Å². The minimum atomic E-state index is 0.303. The molecular weight excluding hydrogens is 318 g/mol. The average Bonchev–Trinajstić information content (AvgIpc) is 2.77. The highest BCUT2D eigenvalue weighted by Crippen LogP contribution is 2.33. The molecule has 0 radical (unpaired) electrons. The van der Waals surface area contributed by atoms with Gasteiger partial charge in [-0.25, -0.2) is 0 Å². The summed E-state index contributed by atoms with van der Waals surface area (Å²) < 4.78 is 1.19. The number of thiophene rings is 1. The van der Waals surface area contributed by atoms with Gasteiger partial charge in [0.15, 0.2) is 0 Å². The maximum atomic E-state index is 3.62. The van der Waals surface area contributed by atoms with Gasteiger partial charge in [0.2, 0.25) is 0 Å². The van der Waals surface area contributed by atoms with Crippen LogP contribution in [0.1, 0.15) is 40.1 Å². The van der Waals surface area contributed by atoms with Crippen molar-refractivity contribution in [3.05, 3.63) is 55.2 Å². The summed E-state index contributed by atoms with van der Waals surface area (Å²) in [4.78, 5) is 1.42. The number of rotatable bonds is 4. The summed E-state index contributed by atoms with van der Waals surface area (Å²) in [5.74, 6) is 0. The van der Waals surface area contributed by atoms with Crippen LogP contribution in [0.25, 0.3) is 0 Å². The first-order chi connectivity index (χ1) is 9.04. The van der Waals surface area contributed by atoms with E-state index >= 15 is 0 Å². The van der Waals surface area contributed by atoms with Gasteiger partial charge < -0.3 is 5.32 Å². The number of hydrogen-bond donors (Lipinski definition) is 1. The van der Waals surface area contributed by atoms with Crippen LogP contribution >= 0.6 is 27.3 Å². The number of aryl methyl sites for hydroxylation is 3. The SMILES string of the molecule is CCNC(c1cc(C)c(Br)cc1C)c1sccc1C. The summed E-state index contributed by atoms with van der Waals surface area (Å²) in [6.07, 6.45) is 0. The highest BCUT2D eigenvalue weighted by atomic mass is 79.9. The highest BCUT2D eigenvalue weighted by molar-refractivity contribution is 9.10. The molecule has 19 heavy (non-hydrogen) atoms. The van der Waals surface area contributed by atoms with Crippen molar-refractivity contribution in [3.8, 4) is 0 Å². The van der Waals surface area contributed by atoms with Crippen molar-refractivity contribution in [2.45, 2.75) is 33.7 Å². The summed E-state index contributed by atoms with van der Waals surface area (Å²) in [6.45, 7) is 9.66. The quantitative estimate of drug-likeness (QED) is 0.814. The lowest BCUT2D eigenvalue weighted by molar-refractivity contribution is 0.633. The lowest BCUT2D eigenvalue weighted by Crippen LogP contribution is -2.22. The molecule has 0 amide bonds. The lowest BCUT2D eigenvalue weighted by atomic mass is 9.96. The van der Waals surface area contributed by atoms with Crippen LogP contribution in [0.15, 0.2) is 28.1 Å². The molecule has 1 aromatic heterocycles. The molecule has 0 spiro atoms. The van der Waals surface area contributed by atoms with E-state index in [-0.39, 0.29) is 0 Å². The third kappa shape index (κ3) is 3.10. The van der Waals surface area contributed by atoms with E-state index in [4.69, 9.17) is 0 Å². The predicted octanol–water partition coefficient (Wildman–Crippen LogP) is 5.13. The van der Waals surface area contributed by atoms with E-state index < -0.39 is 0 Å². The first kappa shape index (κ1) is 14.8. The number of nitrogens with one attached hydrogen (secondary N) is 1. The van der Waals surface area contributed by atoms with Crippen molar-refractivity contribution in [3.63, 3.8) is 0 Å². The number of halogens is 1. The van der Waals surface area contributed by atoms with Crippen molar-refractivity contribution >= 4 is 27.3 Å². The Balaban J connectivity index is 2.51. The second-order valence-electron chi connectivity index (χ2n) is 4.92. The van der Waals surface area contributed by atoms with Crippen LogP contribution in [-0.4, -0.2) is 6.54 Å². The van der Waals surface area contributed by atoms with E-state index in [2.05, 4.69) is 72.5 Å². The van der Waals surface area contributed by atoms with Gasteiger partial charge in [0.25, 0.3) is 0 Å². The Morgan fingerprint density at radius 1 is 1.16 bits per heavy atom. The van der Waals surface area contributed by atoms with Crippen LogP contribution in [0.5, 0.6) is 0 Å². The largest absolute Gasteiger partial charge is 0.306 e. The van der Waals surface area contributed by atoms with Gasteiger partial charge in [-0.15, -0.1) is 11.3 Å². The summed E-state index contributed by atoms with van der Waals surface area (Å²) in [5, 5.41) is 5.80. The molecule has 2 rings (SSSR count). The molecule has 0 saturated carbocycles. The second-order valence-corrected chi connectivity index (χ2v) is 6.72. The number of benzene rings is 1. The fourth-order valence-corrected chi connectivity index (χ4v) is 3.82. The molecule has 2 aromatic rings. The van der Waals surface area contributed by atoms with Crippen molar-refractivity contribution in [2.24, 2.45) is 0 Å². The van der Waals surface area contributed by atoms with Crippen molar-refractivity contribution in [1.29, 1.82) is 0 Å². The van der Waals surface area contributed by atoms with E-state index in [1.54, 1.807) is 0 Å². The predicted molar refractivity (Wildman–Crippen MR) is 88.2 cm³/mol. The normalized spacial score (nSPS) is 12.7. The van der Waals surface area contributed by atoms with Crippen LogP contribution in [-0.2, 0) is 0 Å². The standard InChI is InChI=1S/C16H20BrNS/c1-5-18-15(16-10(2)6-7-19-16)13-8-12(4)14(17)9-11(13)3/h6-9,15,18H,5H2,1-4H3. The van der Waals surface area contributed by atoms with Gasteiger partial charge in [0.1, 0.15) is 0 Å². The van der Waals surface area contributed by atoms with Gasteiger partial charge in [0, 0.05) is 9.35 Å². The summed E-state index contributed by atoms with van der Waals surface area (Å²) in [7, 11) is 0. The Hall–Kier alpha value is -0.640. The molecule has 1 N–H and O–H groups in total. The molecule has 1 nitrogen and oxygen atoms in total. The molecule has 0 saturated heterocycles. The van der Waals surface area contributed by atoms with E-state index in [0.717, 1.165) is 6.54 Å². The zero-order chi connectivity index (χ0) is 14.0. The Bertz CT molecular complexity index is 574.